The molecule has 22 heavy (non-hydrogen) atoms. The molecule has 0 aromatic heterocycles. The number of likely N-dealkylation sites (N-methyl/N-ethyl adjacent to an activating group) is 1. The second-order valence-corrected chi connectivity index (χ2v) is 5.71. The minimum Gasteiger partial charge on any atom is -0.454 e. The normalized spacial score (nSPS) is 17.7. The summed E-state index contributed by atoms with van der Waals surface area (Å²) in [5.74, 6) is 3.61. The molecular weight excluding hydrogens is 282 g/mol. The number of rotatable bonds is 5. The zero-order valence-electron chi connectivity index (χ0n) is 13.2. The highest BCUT2D eigenvalue weighted by molar-refractivity contribution is 5.44. The zero-order chi connectivity index (χ0) is 15.7. The highest BCUT2D eigenvalue weighted by atomic mass is 16.7. The van der Waals surface area contributed by atoms with Crippen LogP contribution in [0.3, 0.4) is 0 Å². The number of fused-ring (bicyclic) bond motifs is 1. The molecule has 0 fully saturated rings. The second kappa shape index (κ2) is 5.93. The average molecular weight is 303 g/mol. The highest BCUT2D eigenvalue weighted by Gasteiger charge is 2.22. The number of hydrogen-bond donors (Lipinski definition) is 0. The van der Waals surface area contributed by atoms with Crippen LogP contribution in [0, 0.1) is 0 Å². The van der Waals surface area contributed by atoms with E-state index in [0.717, 1.165) is 29.4 Å². The van der Waals surface area contributed by atoms with Crippen LogP contribution in [0.1, 0.15) is 19.4 Å². The van der Waals surface area contributed by atoms with E-state index in [1.807, 2.05) is 19.1 Å². The Morgan fingerprint density at radius 2 is 2.00 bits per heavy atom. The molecule has 0 saturated heterocycles. The summed E-state index contributed by atoms with van der Waals surface area (Å²) in [5, 5.41) is 0. The third-order valence-electron chi connectivity index (χ3n) is 4.01. The van der Waals surface area contributed by atoms with E-state index in [-0.39, 0.29) is 0 Å². The fraction of sp³-hybridized carbons (Fsp3) is 0.412. The monoisotopic (exact) mass is 303 g/mol. The SMILES string of the molecule is C=C1OC(C)=C(CN(C)[C@H](C)Cc2ccc3c(c2)OCO3)O1. The molecule has 0 radical (unpaired) electrons. The van der Waals surface area contributed by atoms with Gasteiger partial charge in [0.2, 0.25) is 6.79 Å². The molecule has 118 valence electrons. The van der Waals surface area contributed by atoms with E-state index >= 15 is 0 Å². The minimum atomic E-state index is 0.308. The fourth-order valence-corrected chi connectivity index (χ4v) is 2.55. The molecule has 2 aliphatic rings. The first-order chi connectivity index (χ1) is 10.5. The number of ether oxygens (including phenoxy) is 4. The van der Waals surface area contributed by atoms with Crippen LogP contribution in [0.4, 0.5) is 0 Å². The fourth-order valence-electron chi connectivity index (χ4n) is 2.55. The molecule has 2 aliphatic heterocycles. The van der Waals surface area contributed by atoms with Gasteiger partial charge < -0.3 is 18.9 Å². The van der Waals surface area contributed by atoms with Crippen LogP contribution in [0.5, 0.6) is 11.5 Å². The van der Waals surface area contributed by atoms with Crippen LogP contribution < -0.4 is 9.47 Å². The maximum atomic E-state index is 5.49. The predicted molar refractivity (Wildman–Crippen MR) is 82.4 cm³/mol. The molecular formula is C17H21NO4. The van der Waals surface area contributed by atoms with Crippen LogP contribution in [-0.2, 0) is 15.9 Å². The van der Waals surface area contributed by atoms with Crippen LogP contribution in [0.25, 0.3) is 0 Å². The summed E-state index contributed by atoms with van der Waals surface area (Å²) in [6, 6.07) is 6.45. The van der Waals surface area contributed by atoms with Gasteiger partial charge in [0.25, 0.3) is 5.95 Å². The Kier molecular flexibility index (Phi) is 3.98. The maximum absolute atomic E-state index is 5.49. The van der Waals surface area contributed by atoms with E-state index in [4.69, 9.17) is 18.9 Å². The van der Waals surface area contributed by atoms with Crippen LogP contribution >= 0.6 is 0 Å². The van der Waals surface area contributed by atoms with Crippen molar-refractivity contribution in [2.75, 3.05) is 20.4 Å². The van der Waals surface area contributed by atoms with Gasteiger partial charge in [0.15, 0.2) is 17.3 Å². The molecule has 0 amide bonds. The third kappa shape index (κ3) is 3.04. The van der Waals surface area contributed by atoms with Crippen LogP contribution in [0.2, 0.25) is 0 Å². The van der Waals surface area contributed by atoms with Gasteiger partial charge in [-0.2, -0.15) is 0 Å². The largest absolute Gasteiger partial charge is 0.454 e. The van der Waals surface area contributed by atoms with Crippen molar-refractivity contribution in [3.8, 4) is 11.5 Å². The van der Waals surface area contributed by atoms with Gasteiger partial charge in [-0.1, -0.05) is 6.07 Å². The van der Waals surface area contributed by atoms with Gasteiger partial charge in [-0.3, -0.25) is 4.90 Å². The van der Waals surface area contributed by atoms with Crippen LogP contribution in [0.15, 0.2) is 42.2 Å². The smallest absolute Gasteiger partial charge is 0.282 e. The molecule has 1 aromatic rings. The van der Waals surface area contributed by atoms with Crippen molar-refractivity contribution in [1.82, 2.24) is 4.90 Å². The molecule has 0 spiro atoms. The summed E-state index contributed by atoms with van der Waals surface area (Å²) in [5.41, 5.74) is 1.22. The van der Waals surface area contributed by atoms with E-state index in [1.54, 1.807) is 0 Å². The van der Waals surface area contributed by atoms with Crippen molar-refractivity contribution in [2.45, 2.75) is 26.3 Å². The number of nitrogens with zero attached hydrogens (tertiary/aromatic N) is 1. The highest BCUT2D eigenvalue weighted by Crippen LogP contribution is 2.33. The lowest BCUT2D eigenvalue weighted by atomic mass is 10.1. The van der Waals surface area contributed by atoms with Crippen molar-refractivity contribution >= 4 is 0 Å². The Labute approximate surface area is 130 Å². The summed E-state index contributed by atoms with van der Waals surface area (Å²) in [7, 11) is 2.07. The number of hydrogen-bond acceptors (Lipinski definition) is 5. The van der Waals surface area contributed by atoms with Gasteiger partial charge in [-0.05, 0) is 51.6 Å². The first-order valence-electron chi connectivity index (χ1n) is 7.36. The first-order valence-corrected chi connectivity index (χ1v) is 7.36. The summed E-state index contributed by atoms with van der Waals surface area (Å²) in [6.07, 6.45) is 0.918. The van der Waals surface area contributed by atoms with E-state index in [0.29, 0.717) is 25.3 Å². The van der Waals surface area contributed by atoms with Gasteiger partial charge in [0.05, 0.1) is 6.54 Å². The van der Waals surface area contributed by atoms with E-state index < -0.39 is 0 Å². The molecule has 0 N–H and O–H groups in total. The van der Waals surface area contributed by atoms with E-state index in [2.05, 4.69) is 31.5 Å². The molecule has 0 aliphatic carbocycles. The van der Waals surface area contributed by atoms with Gasteiger partial charge in [-0.25, -0.2) is 0 Å². The summed E-state index contributed by atoms with van der Waals surface area (Å²) >= 11 is 0. The van der Waals surface area contributed by atoms with Crippen molar-refractivity contribution in [1.29, 1.82) is 0 Å². The number of allylic oxidation sites excluding steroid dienone is 1. The van der Waals surface area contributed by atoms with Crippen LogP contribution in [-0.4, -0.2) is 31.3 Å². The van der Waals surface area contributed by atoms with E-state index in [1.165, 1.54) is 5.56 Å². The summed E-state index contributed by atoms with van der Waals surface area (Å²) in [4.78, 5) is 2.23. The maximum Gasteiger partial charge on any atom is 0.282 e. The Hall–Kier alpha value is -2.14. The van der Waals surface area contributed by atoms with Crippen molar-refractivity contribution in [3.05, 3.63) is 47.8 Å². The number of benzene rings is 1. The topological polar surface area (TPSA) is 40.2 Å². The Morgan fingerprint density at radius 3 is 2.73 bits per heavy atom. The molecule has 3 rings (SSSR count). The lowest BCUT2D eigenvalue weighted by Gasteiger charge is -2.24. The minimum absolute atomic E-state index is 0.308. The Morgan fingerprint density at radius 1 is 1.23 bits per heavy atom. The van der Waals surface area contributed by atoms with Gasteiger partial charge >= 0.3 is 0 Å². The van der Waals surface area contributed by atoms with Crippen molar-refractivity contribution in [2.24, 2.45) is 0 Å². The molecule has 0 bridgehead atoms. The van der Waals surface area contributed by atoms with Gasteiger partial charge in [0, 0.05) is 6.04 Å². The summed E-state index contributed by atoms with van der Waals surface area (Å²) < 4.78 is 21.6. The Bertz CT molecular complexity index is 623. The molecule has 1 aromatic carbocycles. The lowest BCUT2D eigenvalue weighted by Crippen LogP contribution is -2.32. The van der Waals surface area contributed by atoms with Gasteiger partial charge in [0.1, 0.15) is 5.76 Å². The van der Waals surface area contributed by atoms with Crippen molar-refractivity contribution in [3.63, 3.8) is 0 Å². The van der Waals surface area contributed by atoms with Crippen molar-refractivity contribution < 1.29 is 18.9 Å². The molecule has 1 atom stereocenters. The first kappa shape index (κ1) is 14.8. The predicted octanol–water partition coefficient (Wildman–Crippen LogP) is 3.03. The zero-order valence-corrected chi connectivity index (χ0v) is 13.2. The molecule has 5 nitrogen and oxygen atoms in total. The Balaban J connectivity index is 1.60. The molecule has 5 heteroatoms. The average Bonchev–Trinajstić information content (AvgIpc) is 3.05. The lowest BCUT2D eigenvalue weighted by molar-refractivity contribution is 0.162. The van der Waals surface area contributed by atoms with E-state index in [9.17, 15) is 0 Å². The molecule has 0 unspecified atom stereocenters. The summed E-state index contributed by atoms with van der Waals surface area (Å²) in [6.45, 7) is 8.76. The second-order valence-electron chi connectivity index (χ2n) is 5.71. The molecule has 2 heterocycles. The quantitative estimate of drug-likeness (QED) is 0.836. The molecule has 0 saturated carbocycles. The standard InChI is InChI=1S/C17H21NO4/c1-11(18(4)9-17-12(2)21-13(3)22-17)7-14-5-6-15-16(8-14)20-10-19-15/h5-6,8,11H,3,7,9-10H2,1-2,4H3/t11-/m1/s1. The third-order valence-corrected chi connectivity index (χ3v) is 4.01. The van der Waals surface area contributed by atoms with Gasteiger partial charge in [-0.15, -0.1) is 0 Å².